The van der Waals surface area contributed by atoms with E-state index in [-0.39, 0.29) is 16.9 Å². The molecule has 6 rings (SSSR count). The lowest BCUT2D eigenvalue weighted by Gasteiger charge is -2.65. The first-order valence-corrected chi connectivity index (χ1v) is 13.7. The van der Waals surface area contributed by atoms with Crippen molar-refractivity contribution < 1.29 is 14.9 Å². The van der Waals surface area contributed by atoms with E-state index in [9.17, 15) is 10.2 Å². The summed E-state index contributed by atoms with van der Waals surface area (Å²) in [6.07, 6.45) is 8.32. The van der Waals surface area contributed by atoms with E-state index in [1.807, 2.05) is 13.0 Å². The van der Waals surface area contributed by atoms with Gasteiger partial charge in [-0.1, -0.05) is 44.2 Å². The largest absolute Gasteiger partial charge is 0.386 e. The Morgan fingerprint density at radius 2 is 1.97 bits per heavy atom. The van der Waals surface area contributed by atoms with Gasteiger partial charge < -0.3 is 19.9 Å². The van der Waals surface area contributed by atoms with Gasteiger partial charge in [-0.15, -0.1) is 0 Å². The highest BCUT2D eigenvalue weighted by molar-refractivity contribution is 5.89. The van der Waals surface area contributed by atoms with E-state index in [1.165, 1.54) is 33.3 Å². The van der Waals surface area contributed by atoms with Crippen molar-refractivity contribution in [2.45, 2.75) is 102 Å². The first-order chi connectivity index (χ1) is 17.0. The number of hydrogen-bond donors (Lipinski definition) is 3. The van der Waals surface area contributed by atoms with Crippen LogP contribution in [0.15, 0.2) is 53.6 Å². The van der Waals surface area contributed by atoms with Crippen LogP contribution in [-0.4, -0.2) is 39.1 Å². The summed E-state index contributed by atoms with van der Waals surface area (Å²) in [6.45, 7) is 15.0. The van der Waals surface area contributed by atoms with Gasteiger partial charge in [-0.25, -0.2) is 0 Å². The average Bonchev–Trinajstić information content (AvgIpc) is 3.34. The number of hydrogen-bond acceptors (Lipinski definition) is 3. The third kappa shape index (κ3) is 2.98. The fraction of sp³-hybridized carbons (Fsp3) is 0.562. The molecule has 1 aromatic heterocycles. The number of fused-ring (bicyclic) bond motifs is 9. The summed E-state index contributed by atoms with van der Waals surface area (Å²) in [4.78, 5) is 3.88. The summed E-state index contributed by atoms with van der Waals surface area (Å²) < 4.78 is 6.36. The van der Waals surface area contributed by atoms with Crippen LogP contribution in [0.4, 0.5) is 0 Å². The fourth-order valence-electron chi connectivity index (χ4n) is 8.48. The van der Waals surface area contributed by atoms with Crippen molar-refractivity contribution in [2.75, 3.05) is 0 Å². The molecule has 4 nitrogen and oxygen atoms in total. The van der Waals surface area contributed by atoms with E-state index >= 15 is 0 Å². The van der Waals surface area contributed by atoms with Gasteiger partial charge in [0, 0.05) is 27.4 Å². The molecule has 4 heteroatoms. The highest BCUT2D eigenvalue weighted by Gasteiger charge is 2.69. The number of aromatic nitrogens is 1. The van der Waals surface area contributed by atoms with Crippen LogP contribution in [0.5, 0.6) is 0 Å². The third-order valence-corrected chi connectivity index (χ3v) is 10.6. The monoisotopic (exact) mass is 487 g/mol. The summed E-state index contributed by atoms with van der Waals surface area (Å²) in [7, 11) is 0. The van der Waals surface area contributed by atoms with Crippen molar-refractivity contribution in [2.24, 2.45) is 11.3 Å². The Labute approximate surface area is 215 Å². The molecule has 1 aliphatic heterocycles. The minimum atomic E-state index is -1.01. The van der Waals surface area contributed by atoms with Gasteiger partial charge in [0.2, 0.25) is 0 Å². The van der Waals surface area contributed by atoms with Gasteiger partial charge in [-0.2, -0.15) is 0 Å². The Balaban J connectivity index is 1.48. The van der Waals surface area contributed by atoms with E-state index in [4.69, 9.17) is 4.74 Å². The Morgan fingerprint density at radius 3 is 2.69 bits per heavy atom. The normalized spacial score (nSPS) is 39.0. The van der Waals surface area contributed by atoms with Crippen molar-refractivity contribution in [3.8, 4) is 0 Å². The maximum absolute atomic E-state index is 12.6. The lowest BCUT2D eigenvalue weighted by molar-refractivity contribution is -0.185. The van der Waals surface area contributed by atoms with Gasteiger partial charge >= 0.3 is 0 Å². The van der Waals surface area contributed by atoms with Crippen LogP contribution in [0, 0.1) is 11.3 Å². The second kappa shape index (κ2) is 7.93. The van der Waals surface area contributed by atoms with Crippen LogP contribution in [0.2, 0.25) is 0 Å². The Kier molecular flexibility index (Phi) is 5.33. The lowest BCUT2D eigenvalue weighted by atomic mass is 9.42. The first kappa shape index (κ1) is 24.2. The Bertz CT molecular complexity index is 1310. The molecule has 2 saturated carbocycles. The van der Waals surface area contributed by atoms with Gasteiger partial charge in [-0.3, -0.25) is 0 Å². The number of nitrogens with one attached hydrogen (secondary N) is 1. The van der Waals surface area contributed by atoms with Gasteiger partial charge in [0.1, 0.15) is 12.2 Å². The summed E-state index contributed by atoms with van der Waals surface area (Å²) >= 11 is 0. The van der Waals surface area contributed by atoms with E-state index in [0.717, 1.165) is 43.3 Å². The molecule has 7 atom stereocenters. The highest BCUT2D eigenvalue weighted by Crippen LogP contribution is 2.69. The molecule has 2 fully saturated rings. The van der Waals surface area contributed by atoms with Gasteiger partial charge in [0.25, 0.3) is 0 Å². The topological polar surface area (TPSA) is 65.5 Å². The second-order valence-electron chi connectivity index (χ2n) is 12.7. The molecule has 36 heavy (non-hydrogen) atoms. The molecule has 3 N–H and O–H groups in total. The molecule has 2 heterocycles. The molecular weight excluding hydrogens is 446 g/mol. The maximum atomic E-state index is 12.6. The molecule has 0 radical (unpaired) electrons. The average molecular weight is 488 g/mol. The minimum Gasteiger partial charge on any atom is -0.386 e. The molecule has 0 spiro atoms. The highest BCUT2D eigenvalue weighted by atomic mass is 16.5. The molecule has 7 unspecified atom stereocenters. The van der Waals surface area contributed by atoms with Gasteiger partial charge in [-0.05, 0) is 99.6 Å². The molecule has 0 bridgehead atoms. The minimum absolute atomic E-state index is 0.160. The molecular formula is C32H41NO3. The summed E-state index contributed by atoms with van der Waals surface area (Å²) in [5.74, 6) is 0.486. The number of ether oxygens (including phenoxy) is 1. The number of aliphatic hydroxyl groups excluding tert-OH is 1. The molecule has 2 aromatic rings. The molecule has 3 aliphatic carbocycles. The van der Waals surface area contributed by atoms with Gasteiger partial charge in [0.15, 0.2) is 0 Å². The zero-order valence-corrected chi connectivity index (χ0v) is 22.4. The van der Waals surface area contributed by atoms with Crippen molar-refractivity contribution >= 4 is 10.9 Å². The fourth-order valence-corrected chi connectivity index (χ4v) is 8.48. The van der Waals surface area contributed by atoms with Crippen LogP contribution in [0.1, 0.15) is 77.1 Å². The quantitative estimate of drug-likeness (QED) is 0.461. The van der Waals surface area contributed by atoms with Crippen LogP contribution in [0.3, 0.4) is 0 Å². The van der Waals surface area contributed by atoms with Crippen LogP contribution >= 0.6 is 0 Å². The summed E-state index contributed by atoms with van der Waals surface area (Å²) in [5, 5.41) is 24.9. The lowest BCUT2D eigenvalue weighted by Crippen LogP contribution is -2.67. The number of aliphatic hydroxyl groups is 2. The maximum Gasteiger partial charge on any atom is 0.108 e. The van der Waals surface area contributed by atoms with E-state index in [0.29, 0.717) is 12.3 Å². The van der Waals surface area contributed by atoms with Crippen molar-refractivity contribution in [3.05, 3.63) is 70.5 Å². The predicted molar refractivity (Wildman–Crippen MR) is 145 cm³/mol. The zero-order chi connectivity index (χ0) is 25.6. The van der Waals surface area contributed by atoms with E-state index < -0.39 is 17.8 Å². The van der Waals surface area contributed by atoms with E-state index in [2.05, 4.69) is 63.5 Å². The van der Waals surface area contributed by atoms with Crippen molar-refractivity contribution in [3.63, 3.8) is 0 Å². The van der Waals surface area contributed by atoms with E-state index in [1.54, 1.807) is 0 Å². The van der Waals surface area contributed by atoms with Gasteiger partial charge in [0.05, 0.1) is 11.7 Å². The summed E-state index contributed by atoms with van der Waals surface area (Å²) in [5.41, 5.74) is 6.88. The smallest absolute Gasteiger partial charge is 0.108 e. The predicted octanol–water partition coefficient (Wildman–Crippen LogP) is 6.06. The molecule has 1 aromatic carbocycles. The standard InChI is InChI=1S/C32H41NO3/c1-18(2)10-11-20-8-7-9-24-27(20)22-16-21-12-15-32(35)23-17-25(34)28(19(3)4)36-26(23)13-14-30(32,5)31(21,6)29(22)33-24/h7-10,17,21,25-26,28,33-35H,3,11-16H2,1-2,4-6H3. The Morgan fingerprint density at radius 1 is 1.19 bits per heavy atom. The Hall–Kier alpha value is -2.14. The number of aromatic amines is 1. The number of benzene rings is 1. The number of H-pyrrole nitrogens is 1. The summed E-state index contributed by atoms with van der Waals surface area (Å²) in [6, 6.07) is 6.64. The third-order valence-electron chi connectivity index (χ3n) is 10.6. The van der Waals surface area contributed by atoms with Crippen LogP contribution in [-0.2, 0) is 23.0 Å². The first-order valence-electron chi connectivity index (χ1n) is 13.7. The molecule has 4 aliphatic rings. The van der Waals surface area contributed by atoms with Crippen LogP contribution in [0.25, 0.3) is 10.9 Å². The molecule has 0 saturated heterocycles. The zero-order valence-electron chi connectivity index (χ0n) is 22.4. The van der Waals surface area contributed by atoms with Crippen molar-refractivity contribution in [1.82, 2.24) is 4.98 Å². The molecule has 0 amide bonds. The second-order valence-corrected chi connectivity index (χ2v) is 12.7. The molecule has 192 valence electrons. The SMILES string of the molecule is C=C(C)C1OC2CCC3(C)C(O)(CCC4Cc5c([nH]c6cccc(CC=C(C)C)c56)C43C)C2=CC1O. The van der Waals surface area contributed by atoms with Crippen molar-refractivity contribution in [1.29, 1.82) is 0 Å². The van der Waals surface area contributed by atoms with Crippen LogP contribution < -0.4 is 0 Å². The number of rotatable bonds is 3. The number of allylic oxidation sites excluding steroid dienone is 2.